The number of nitrogens with one attached hydrogen (secondary N) is 2. The maximum atomic E-state index is 11.3. The average molecular weight is 186 g/mol. The molecule has 76 valence electrons. The standard InChI is InChI=1S/C9H18N2O2/c1-6(2)5-8(9(13)10-4)11-7(3)12/h6,8H,5H2,1-4H3,(H,10,13)(H,11,12). The molecule has 4 heteroatoms. The number of hydrogen-bond acceptors (Lipinski definition) is 2. The summed E-state index contributed by atoms with van der Waals surface area (Å²) in [4.78, 5) is 22.0. The summed E-state index contributed by atoms with van der Waals surface area (Å²) in [5.74, 6) is 0.0762. The van der Waals surface area contributed by atoms with Crippen LogP contribution in [0.3, 0.4) is 0 Å². The van der Waals surface area contributed by atoms with Crippen LogP contribution in [0.5, 0.6) is 0 Å². The maximum Gasteiger partial charge on any atom is 0.242 e. The molecule has 0 saturated carbocycles. The van der Waals surface area contributed by atoms with Crippen molar-refractivity contribution in [2.24, 2.45) is 5.92 Å². The molecule has 13 heavy (non-hydrogen) atoms. The third kappa shape index (κ3) is 5.22. The summed E-state index contributed by atoms with van der Waals surface area (Å²) in [6.45, 7) is 5.44. The highest BCUT2D eigenvalue weighted by Crippen LogP contribution is 2.04. The number of amides is 2. The zero-order chi connectivity index (χ0) is 10.4. The molecule has 0 aliphatic carbocycles. The van der Waals surface area contributed by atoms with Crippen molar-refractivity contribution in [2.45, 2.75) is 33.2 Å². The predicted octanol–water partition coefficient (Wildman–Crippen LogP) is 0.283. The number of likely N-dealkylation sites (N-methyl/N-ethyl adjacent to an activating group) is 1. The zero-order valence-electron chi connectivity index (χ0n) is 8.68. The van der Waals surface area contributed by atoms with Crippen LogP contribution < -0.4 is 10.6 Å². The van der Waals surface area contributed by atoms with Crippen molar-refractivity contribution in [3.63, 3.8) is 0 Å². The van der Waals surface area contributed by atoms with Crippen LogP contribution in [0.4, 0.5) is 0 Å². The third-order valence-corrected chi connectivity index (χ3v) is 1.65. The zero-order valence-corrected chi connectivity index (χ0v) is 8.68. The van der Waals surface area contributed by atoms with Crippen LogP contribution in [0, 0.1) is 5.92 Å². The Kier molecular flexibility index (Phi) is 5.11. The van der Waals surface area contributed by atoms with Gasteiger partial charge in [0.1, 0.15) is 6.04 Å². The number of rotatable bonds is 4. The second kappa shape index (κ2) is 5.56. The molecule has 0 aromatic rings. The Morgan fingerprint density at radius 1 is 1.31 bits per heavy atom. The topological polar surface area (TPSA) is 58.2 Å². The van der Waals surface area contributed by atoms with Gasteiger partial charge in [0, 0.05) is 14.0 Å². The van der Waals surface area contributed by atoms with Gasteiger partial charge in [-0.25, -0.2) is 0 Å². The van der Waals surface area contributed by atoms with E-state index in [2.05, 4.69) is 10.6 Å². The second-order valence-electron chi connectivity index (χ2n) is 3.50. The van der Waals surface area contributed by atoms with E-state index >= 15 is 0 Å². The Bertz CT molecular complexity index is 190. The summed E-state index contributed by atoms with van der Waals surface area (Å²) in [5, 5.41) is 5.13. The molecule has 0 aromatic heterocycles. The summed E-state index contributed by atoms with van der Waals surface area (Å²) < 4.78 is 0. The highest BCUT2D eigenvalue weighted by molar-refractivity contribution is 5.86. The molecule has 1 unspecified atom stereocenters. The molecule has 1 atom stereocenters. The van der Waals surface area contributed by atoms with E-state index in [-0.39, 0.29) is 11.8 Å². The minimum Gasteiger partial charge on any atom is -0.357 e. The number of hydrogen-bond donors (Lipinski definition) is 2. The van der Waals surface area contributed by atoms with E-state index in [4.69, 9.17) is 0 Å². The van der Waals surface area contributed by atoms with Crippen molar-refractivity contribution in [1.82, 2.24) is 10.6 Å². The highest BCUT2D eigenvalue weighted by atomic mass is 16.2. The summed E-state index contributed by atoms with van der Waals surface area (Å²) in [6, 6.07) is -0.400. The Morgan fingerprint density at radius 3 is 2.15 bits per heavy atom. The van der Waals surface area contributed by atoms with Crippen LogP contribution in [-0.4, -0.2) is 24.9 Å². The van der Waals surface area contributed by atoms with Crippen molar-refractivity contribution in [3.05, 3.63) is 0 Å². The van der Waals surface area contributed by atoms with Gasteiger partial charge in [-0.1, -0.05) is 13.8 Å². The normalized spacial score (nSPS) is 12.4. The SMILES string of the molecule is CNC(=O)C(CC(C)C)NC(C)=O. The molecule has 0 rings (SSSR count). The van der Waals surface area contributed by atoms with E-state index < -0.39 is 6.04 Å². The minimum atomic E-state index is -0.400. The monoisotopic (exact) mass is 186 g/mol. The first-order valence-electron chi connectivity index (χ1n) is 4.46. The largest absolute Gasteiger partial charge is 0.357 e. The Hall–Kier alpha value is -1.06. The van der Waals surface area contributed by atoms with Gasteiger partial charge in [0.05, 0.1) is 0 Å². The molecular weight excluding hydrogens is 168 g/mol. The molecule has 0 aromatic carbocycles. The minimum absolute atomic E-state index is 0.135. The predicted molar refractivity (Wildman–Crippen MR) is 51.1 cm³/mol. The van der Waals surface area contributed by atoms with Crippen LogP contribution in [0.2, 0.25) is 0 Å². The first-order valence-corrected chi connectivity index (χ1v) is 4.46. The first kappa shape index (κ1) is 11.9. The van der Waals surface area contributed by atoms with Crippen LogP contribution in [-0.2, 0) is 9.59 Å². The van der Waals surface area contributed by atoms with Gasteiger partial charge in [0.15, 0.2) is 0 Å². The van der Waals surface area contributed by atoms with E-state index in [1.807, 2.05) is 13.8 Å². The van der Waals surface area contributed by atoms with Crippen molar-refractivity contribution in [2.75, 3.05) is 7.05 Å². The van der Waals surface area contributed by atoms with Gasteiger partial charge in [-0.05, 0) is 12.3 Å². The lowest BCUT2D eigenvalue weighted by Crippen LogP contribution is -2.45. The summed E-state index contributed by atoms with van der Waals surface area (Å²) in [7, 11) is 1.57. The van der Waals surface area contributed by atoms with E-state index in [0.29, 0.717) is 12.3 Å². The lowest BCUT2D eigenvalue weighted by molar-refractivity contribution is -0.128. The van der Waals surface area contributed by atoms with E-state index in [0.717, 1.165) is 0 Å². The second-order valence-corrected chi connectivity index (χ2v) is 3.50. The van der Waals surface area contributed by atoms with Crippen molar-refractivity contribution in [1.29, 1.82) is 0 Å². The Morgan fingerprint density at radius 2 is 1.85 bits per heavy atom. The molecule has 0 bridgehead atoms. The fourth-order valence-electron chi connectivity index (χ4n) is 1.12. The molecule has 2 N–H and O–H groups in total. The maximum absolute atomic E-state index is 11.3. The lowest BCUT2D eigenvalue weighted by Gasteiger charge is -2.17. The first-order chi connectivity index (χ1) is 5.97. The molecule has 0 radical (unpaired) electrons. The van der Waals surface area contributed by atoms with Crippen LogP contribution in [0.15, 0.2) is 0 Å². The molecule has 0 fully saturated rings. The molecule has 2 amide bonds. The Balaban J connectivity index is 4.18. The van der Waals surface area contributed by atoms with Crippen molar-refractivity contribution < 1.29 is 9.59 Å². The van der Waals surface area contributed by atoms with Gasteiger partial charge in [0.25, 0.3) is 0 Å². The van der Waals surface area contributed by atoms with Gasteiger partial charge in [-0.2, -0.15) is 0 Å². The van der Waals surface area contributed by atoms with Crippen molar-refractivity contribution >= 4 is 11.8 Å². The lowest BCUT2D eigenvalue weighted by atomic mass is 10.0. The molecule has 0 heterocycles. The van der Waals surface area contributed by atoms with Gasteiger partial charge in [-0.15, -0.1) is 0 Å². The van der Waals surface area contributed by atoms with E-state index in [9.17, 15) is 9.59 Å². The smallest absolute Gasteiger partial charge is 0.242 e. The fourth-order valence-corrected chi connectivity index (χ4v) is 1.12. The van der Waals surface area contributed by atoms with Crippen molar-refractivity contribution in [3.8, 4) is 0 Å². The van der Waals surface area contributed by atoms with Crippen LogP contribution >= 0.6 is 0 Å². The van der Waals surface area contributed by atoms with Gasteiger partial charge in [0.2, 0.25) is 11.8 Å². The molecular formula is C9H18N2O2. The van der Waals surface area contributed by atoms with E-state index in [1.165, 1.54) is 6.92 Å². The summed E-state index contributed by atoms with van der Waals surface area (Å²) in [5.41, 5.74) is 0. The third-order valence-electron chi connectivity index (χ3n) is 1.65. The molecule has 0 spiro atoms. The molecule has 0 saturated heterocycles. The van der Waals surface area contributed by atoms with Crippen LogP contribution in [0.1, 0.15) is 27.2 Å². The summed E-state index contributed by atoms with van der Waals surface area (Å²) >= 11 is 0. The number of carbonyl (C=O) groups is 2. The average Bonchev–Trinajstić information content (AvgIpc) is 2.00. The van der Waals surface area contributed by atoms with Crippen LogP contribution in [0.25, 0.3) is 0 Å². The molecule has 4 nitrogen and oxygen atoms in total. The number of carbonyl (C=O) groups excluding carboxylic acids is 2. The fraction of sp³-hybridized carbons (Fsp3) is 0.778. The highest BCUT2D eigenvalue weighted by Gasteiger charge is 2.18. The van der Waals surface area contributed by atoms with Gasteiger partial charge < -0.3 is 10.6 Å². The Labute approximate surface area is 79.1 Å². The summed E-state index contributed by atoms with van der Waals surface area (Å²) in [6.07, 6.45) is 0.666. The van der Waals surface area contributed by atoms with Gasteiger partial charge in [-0.3, -0.25) is 9.59 Å². The molecule has 0 aliphatic rings. The molecule has 0 aliphatic heterocycles. The quantitative estimate of drug-likeness (QED) is 0.662. The van der Waals surface area contributed by atoms with E-state index in [1.54, 1.807) is 7.05 Å². The van der Waals surface area contributed by atoms with Gasteiger partial charge >= 0.3 is 0 Å².